The van der Waals surface area contributed by atoms with Gasteiger partial charge in [-0.05, 0) is 36.6 Å². The Balaban J connectivity index is 2.24. The first-order chi connectivity index (χ1) is 7.15. The van der Waals surface area contributed by atoms with Crippen molar-refractivity contribution < 1.29 is 4.79 Å². The summed E-state index contributed by atoms with van der Waals surface area (Å²) in [5, 5.41) is 6.22. The Morgan fingerprint density at radius 3 is 3.00 bits per heavy atom. The molecule has 0 aliphatic carbocycles. The van der Waals surface area contributed by atoms with Gasteiger partial charge in [0.2, 0.25) is 5.91 Å². The van der Waals surface area contributed by atoms with Crippen LogP contribution in [0.2, 0.25) is 0 Å². The van der Waals surface area contributed by atoms with Crippen molar-refractivity contribution >= 4 is 11.6 Å². The Morgan fingerprint density at radius 2 is 2.27 bits per heavy atom. The fraction of sp³-hybridized carbons (Fsp3) is 0.417. The molecule has 1 amide bonds. The Labute approximate surface area is 89.9 Å². The van der Waals surface area contributed by atoms with Crippen LogP contribution in [-0.4, -0.2) is 11.9 Å². The van der Waals surface area contributed by atoms with E-state index in [1.54, 1.807) is 0 Å². The Kier molecular flexibility index (Phi) is 2.73. The fourth-order valence-corrected chi connectivity index (χ4v) is 1.96. The van der Waals surface area contributed by atoms with Crippen LogP contribution in [-0.2, 0) is 17.8 Å². The van der Waals surface area contributed by atoms with Crippen LogP contribution in [0, 0.1) is 0 Å². The number of anilines is 1. The molecule has 1 aromatic rings. The third kappa shape index (κ3) is 2.36. The van der Waals surface area contributed by atoms with Gasteiger partial charge in [0, 0.05) is 25.2 Å². The molecule has 0 bridgehead atoms. The molecule has 0 radical (unpaired) electrons. The van der Waals surface area contributed by atoms with Gasteiger partial charge in [-0.2, -0.15) is 0 Å². The average molecular weight is 204 g/mol. The van der Waals surface area contributed by atoms with Crippen LogP contribution in [0.25, 0.3) is 0 Å². The van der Waals surface area contributed by atoms with Gasteiger partial charge >= 0.3 is 0 Å². The van der Waals surface area contributed by atoms with E-state index >= 15 is 0 Å². The summed E-state index contributed by atoms with van der Waals surface area (Å²) in [4.78, 5) is 10.9. The lowest BCUT2D eigenvalue weighted by atomic mass is 9.96. The van der Waals surface area contributed by atoms with Crippen molar-refractivity contribution in [2.45, 2.75) is 32.9 Å². The molecule has 3 nitrogen and oxygen atoms in total. The molecule has 1 aromatic carbocycles. The van der Waals surface area contributed by atoms with Gasteiger partial charge in [0.15, 0.2) is 0 Å². The van der Waals surface area contributed by atoms with Gasteiger partial charge in [0.25, 0.3) is 0 Å². The van der Waals surface area contributed by atoms with Crippen molar-refractivity contribution in [1.29, 1.82) is 0 Å². The van der Waals surface area contributed by atoms with Gasteiger partial charge in [-0.15, -0.1) is 0 Å². The summed E-state index contributed by atoms with van der Waals surface area (Å²) in [7, 11) is 0. The lowest BCUT2D eigenvalue weighted by molar-refractivity contribution is -0.114. The minimum absolute atomic E-state index is 0.0167. The predicted molar refractivity (Wildman–Crippen MR) is 60.8 cm³/mol. The number of rotatable bonds is 1. The number of nitrogens with one attached hydrogen (secondary N) is 2. The standard InChI is InChI=1S/C12H16N2O/c1-8-5-11-6-12(14-9(2)15)4-3-10(11)7-13-8/h3-4,6,8,13H,5,7H2,1-2H3,(H,14,15). The van der Waals surface area contributed by atoms with E-state index in [2.05, 4.69) is 29.7 Å². The predicted octanol–water partition coefficient (Wildman–Crippen LogP) is 1.68. The quantitative estimate of drug-likeness (QED) is 0.730. The molecule has 0 aromatic heterocycles. The van der Waals surface area contributed by atoms with E-state index in [1.807, 2.05) is 6.07 Å². The zero-order valence-corrected chi connectivity index (χ0v) is 9.13. The van der Waals surface area contributed by atoms with E-state index in [0.29, 0.717) is 6.04 Å². The number of amides is 1. The van der Waals surface area contributed by atoms with Crippen LogP contribution in [0.5, 0.6) is 0 Å². The first kappa shape index (κ1) is 10.2. The van der Waals surface area contributed by atoms with E-state index in [4.69, 9.17) is 0 Å². The Hall–Kier alpha value is -1.35. The first-order valence-electron chi connectivity index (χ1n) is 5.28. The van der Waals surface area contributed by atoms with Crippen molar-refractivity contribution in [2.75, 3.05) is 5.32 Å². The molecule has 80 valence electrons. The molecule has 0 spiro atoms. The molecule has 15 heavy (non-hydrogen) atoms. The summed E-state index contributed by atoms with van der Waals surface area (Å²) in [6.07, 6.45) is 1.03. The number of carbonyl (C=O) groups is 1. The van der Waals surface area contributed by atoms with Crippen molar-refractivity contribution in [3.63, 3.8) is 0 Å². The summed E-state index contributed by atoms with van der Waals surface area (Å²) in [6.45, 7) is 4.63. The lowest BCUT2D eigenvalue weighted by Crippen LogP contribution is -2.32. The zero-order chi connectivity index (χ0) is 10.8. The Morgan fingerprint density at radius 1 is 1.47 bits per heavy atom. The van der Waals surface area contributed by atoms with Crippen LogP contribution in [0.3, 0.4) is 0 Å². The molecular weight excluding hydrogens is 188 g/mol. The third-order valence-corrected chi connectivity index (χ3v) is 2.69. The highest BCUT2D eigenvalue weighted by molar-refractivity contribution is 5.88. The molecule has 1 atom stereocenters. The molecule has 2 N–H and O–H groups in total. The van der Waals surface area contributed by atoms with Crippen LogP contribution >= 0.6 is 0 Å². The van der Waals surface area contributed by atoms with Gasteiger partial charge < -0.3 is 10.6 Å². The van der Waals surface area contributed by atoms with Crippen molar-refractivity contribution in [2.24, 2.45) is 0 Å². The highest BCUT2D eigenvalue weighted by Gasteiger charge is 2.14. The molecule has 1 unspecified atom stereocenters. The average Bonchev–Trinajstić information content (AvgIpc) is 2.16. The second-order valence-electron chi connectivity index (χ2n) is 4.15. The molecule has 0 saturated carbocycles. The van der Waals surface area contributed by atoms with E-state index in [-0.39, 0.29) is 5.91 Å². The van der Waals surface area contributed by atoms with Gasteiger partial charge in [-0.1, -0.05) is 6.07 Å². The molecular formula is C12H16N2O. The fourth-order valence-electron chi connectivity index (χ4n) is 1.96. The SMILES string of the molecule is CC(=O)Nc1ccc2c(c1)CC(C)NC2. The van der Waals surface area contributed by atoms with E-state index in [0.717, 1.165) is 18.7 Å². The molecule has 1 aliphatic rings. The number of fused-ring (bicyclic) bond motifs is 1. The zero-order valence-electron chi connectivity index (χ0n) is 9.13. The molecule has 1 aliphatic heterocycles. The maximum absolute atomic E-state index is 10.9. The molecule has 0 saturated heterocycles. The second kappa shape index (κ2) is 4.03. The van der Waals surface area contributed by atoms with Crippen LogP contribution in [0.4, 0.5) is 5.69 Å². The third-order valence-electron chi connectivity index (χ3n) is 2.69. The van der Waals surface area contributed by atoms with Gasteiger partial charge in [0.05, 0.1) is 0 Å². The number of benzene rings is 1. The first-order valence-corrected chi connectivity index (χ1v) is 5.28. The molecule has 1 heterocycles. The topological polar surface area (TPSA) is 41.1 Å². The maximum Gasteiger partial charge on any atom is 0.221 e. The lowest BCUT2D eigenvalue weighted by Gasteiger charge is -2.23. The van der Waals surface area contributed by atoms with Gasteiger partial charge in [-0.3, -0.25) is 4.79 Å². The summed E-state index contributed by atoms with van der Waals surface area (Å²) < 4.78 is 0. The molecule has 3 heteroatoms. The van der Waals surface area contributed by atoms with E-state index in [9.17, 15) is 4.79 Å². The minimum atomic E-state index is -0.0167. The Bertz CT molecular complexity index is 387. The second-order valence-corrected chi connectivity index (χ2v) is 4.15. The maximum atomic E-state index is 10.9. The largest absolute Gasteiger partial charge is 0.326 e. The molecule has 0 fully saturated rings. The summed E-state index contributed by atoms with van der Waals surface area (Å²) in [6, 6.07) is 6.64. The highest BCUT2D eigenvalue weighted by Crippen LogP contribution is 2.20. The number of hydrogen-bond acceptors (Lipinski definition) is 2. The normalized spacial score (nSPS) is 19.5. The van der Waals surface area contributed by atoms with Crippen molar-refractivity contribution in [3.8, 4) is 0 Å². The van der Waals surface area contributed by atoms with E-state index in [1.165, 1.54) is 18.1 Å². The van der Waals surface area contributed by atoms with Crippen LogP contribution in [0.1, 0.15) is 25.0 Å². The summed E-state index contributed by atoms with van der Waals surface area (Å²) in [5.74, 6) is -0.0167. The summed E-state index contributed by atoms with van der Waals surface area (Å²) >= 11 is 0. The summed E-state index contributed by atoms with van der Waals surface area (Å²) in [5.41, 5.74) is 3.57. The molecule has 2 rings (SSSR count). The highest BCUT2D eigenvalue weighted by atomic mass is 16.1. The minimum Gasteiger partial charge on any atom is -0.326 e. The van der Waals surface area contributed by atoms with Crippen LogP contribution in [0.15, 0.2) is 18.2 Å². The van der Waals surface area contributed by atoms with Crippen LogP contribution < -0.4 is 10.6 Å². The monoisotopic (exact) mass is 204 g/mol. The van der Waals surface area contributed by atoms with Crippen molar-refractivity contribution in [3.05, 3.63) is 29.3 Å². The number of hydrogen-bond donors (Lipinski definition) is 2. The van der Waals surface area contributed by atoms with Gasteiger partial charge in [0.1, 0.15) is 0 Å². The van der Waals surface area contributed by atoms with Crippen molar-refractivity contribution in [1.82, 2.24) is 5.32 Å². The van der Waals surface area contributed by atoms with E-state index < -0.39 is 0 Å². The van der Waals surface area contributed by atoms with Gasteiger partial charge in [-0.25, -0.2) is 0 Å². The smallest absolute Gasteiger partial charge is 0.221 e. The number of carbonyl (C=O) groups excluding carboxylic acids is 1.